The molecule has 0 bridgehead atoms. The highest BCUT2D eigenvalue weighted by molar-refractivity contribution is 7.07. The Morgan fingerprint density at radius 3 is 2.76 bits per heavy atom. The maximum atomic E-state index is 5.97. The van der Waals surface area contributed by atoms with Crippen LogP contribution in [0.4, 0.5) is 0 Å². The van der Waals surface area contributed by atoms with E-state index >= 15 is 0 Å². The Morgan fingerprint density at radius 1 is 1.35 bits per heavy atom. The molecule has 90 valence electrons. The van der Waals surface area contributed by atoms with Gasteiger partial charge in [0.15, 0.2) is 0 Å². The third kappa shape index (κ3) is 3.18. The summed E-state index contributed by atoms with van der Waals surface area (Å²) in [6.07, 6.45) is 0.719. The molecule has 0 amide bonds. The molecular formula is C11H11Cl2N3S. The van der Waals surface area contributed by atoms with Crippen LogP contribution in [0.3, 0.4) is 0 Å². The summed E-state index contributed by atoms with van der Waals surface area (Å²) in [4.78, 5) is 4.24. The van der Waals surface area contributed by atoms with E-state index in [1.165, 1.54) is 0 Å². The first-order valence-corrected chi connectivity index (χ1v) is 6.68. The number of nitrogens with zero attached hydrogens (tertiary/aromatic N) is 1. The van der Waals surface area contributed by atoms with Crippen LogP contribution in [-0.4, -0.2) is 4.98 Å². The predicted octanol–water partition coefficient (Wildman–Crippen LogP) is 3.20. The Kier molecular flexibility index (Phi) is 4.36. The second-order valence-electron chi connectivity index (χ2n) is 3.59. The van der Waals surface area contributed by atoms with Gasteiger partial charge >= 0.3 is 0 Å². The predicted molar refractivity (Wildman–Crippen MR) is 72.3 cm³/mol. The molecule has 1 aromatic carbocycles. The monoisotopic (exact) mass is 287 g/mol. The van der Waals surface area contributed by atoms with Crippen molar-refractivity contribution >= 4 is 34.5 Å². The van der Waals surface area contributed by atoms with Crippen LogP contribution in [0.1, 0.15) is 17.3 Å². The van der Waals surface area contributed by atoms with Crippen LogP contribution in [-0.2, 0) is 6.42 Å². The normalized spacial score (nSPS) is 12.6. The van der Waals surface area contributed by atoms with Crippen molar-refractivity contribution in [2.75, 3.05) is 0 Å². The lowest BCUT2D eigenvalue weighted by Gasteiger charge is -2.13. The van der Waals surface area contributed by atoms with Crippen molar-refractivity contribution in [3.63, 3.8) is 0 Å². The van der Waals surface area contributed by atoms with Gasteiger partial charge in [0.25, 0.3) is 0 Å². The fourth-order valence-corrected chi connectivity index (χ4v) is 2.47. The number of nitrogens with one attached hydrogen (secondary N) is 1. The lowest BCUT2D eigenvalue weighted by atomic mass is 10.0. The summed E-state index contributed by atoms with van der Waals surface area (Å²) in [5.41, 5.74) is 6.54. The Balaban J connectivity index is 2.16. The molecule has 0 aliphatic rings. The van der Waals surface area contributed by atoms with E-state index in [0.717, 1.165) is 17.7 Å². The number of benzene rings is 1. The zero-order chi connectivity index (χ0) is 12.3. The summed E-state index contributed by atoms with van der Waals surface area (Å²) < 4.78 is 0. The van der Waals surface area contributed by atoms with Crippen molar-refractivity contribution in [1.29, 1.82) is 0 Å². The molecule has 3 nitrogen and oxygen atoms in total. The quantitative estimate of drug-likeness (QED) is 0.671. The van der Waals surface area contributed by atoms with Crippen molar-refractivity contribution in [1.82, 2.24) is 10.4 Å². The second kappa shape index (κ2) is 5.80. The van der Waals surface area contributed by atoms with Crippen molar-refractivity contribution in [2.45, 2.75) is 12.5 Å². The highest BCUT2D eigenvalue weighted by Crippen LogP contribution is 2.25. The van der Waals surface area contributed by atoms with E-state index in [2.05, 4.69) is 10.4 Å². The Bertz CT molecular complexity index is 487. The minimum absolute atomic E-state index is 0.0153. The zero-order valence-corrected chi connectivity index (χ0v) is 11.2. The third-order valence-electron chi connectivity index (χ3n) is 2.43. The van der Waals surface area contributed by atoms with Crippen molar-refractivity contribution < 1.29 is 0 Å². The van der Waals surface area contributed by atoms with Gasteiger partial charge in [-0.15, -0.1) is 11.3 Å². The second-order valence-corrected chi connectivity index (χ2v) is 5.12. The van der Waals surface area contributed by atoms with Gasteiger partial charge in [-0.1, -0.05) is 29.3 Å². The Morgan fingerprint density at radius 2 is 2.18 bits per heavy atom. The molecule has 0 aliphatic heterocycles. The van der Waals surface area contributed by atoms with Crippen LogP contribution in [0.25, 0.3) is 0 Å². The molecule has 17 heavy (non-hydrogen) atoms. The van der Waals surface area contributed by atoms with Gasteiger partial charge in [0.05, 0.1) is 27.3 Å². The molecule has 1 aromatic heterocycles. The molecule has 0 saturated carbocycles. The fourth-order valence-electron chi connectivity index (χ4n) is 1.55. The summed E-state index contributed by atoms with van der Waals surface area (Å²) in [5, 5.41) is 3.08. The van der Waals surface area contributed by atoms with E-state index in [9.17, 15) is 0 Å². The molecule has 0 radical (unpaired) electrons. The maximum absolute atomic E-state index is 5.97. The summed E-state index contributed by atoms with van der Waals surface area (Å²) in [7, 11) is 0. The number of thiazole rings is 1. The molecule has 2 aromatic rings. The number of nitrogens with two attached hydrogens (primary N) is 1. The number of hydrogen-bond donors (Lipinski definition) is 2. The Labute approximate surface area is 114 Å². The molecular weight excluding hydrogens is 277 g/mol. The average molecular weight is 288 g/mol. The average Bonchev–Trinajstić information content (AvgIpc) is 2.84. The lowest BCUT2D eigenvalue weighted by Crippen LogP contribution is -2.29. The largest absolute Gasteiger partial charge is 0.271 e. The number of halogens is 2. The maximum Gasteiger partial charge on any atom is 0.0795 e. The minimum Gasteiger partial charge on any atom is -0.271 e. The van der Waals surface area contributed by atoms with Gasteiger partial charge < -0.3 is 0 Å². The van der Waals surface area contributed by atoms with Crippen LogP contribution in [0, 0.1) is 0 Å². The fraction of sp³-hybridized carbons (Fsp3) is 0.182. The van der Waals surface area contributed by atoms with Crippen molar-refractivity contribution in [3.05, 3.63) is 50.4 Å². The third-order valence-corrected chi connectivity index (χ3v) is 3.78. The molecule has 0 aliphatic carbocycles. The first-order chi connectivity index (χ1) is 8.20. The van der Waals surface area contributed by atoms with Gasteiger partial charge in [0, 0.05) is 5.38 Å². The summed E-state index contributed by atoms with van der Waals surface area (Å²) in [6, 6.07) is 5.55. The lowest BCUT2D eigenvalue weighted by molar-refractivity contribution is 0.541. The van der Waals surface area contributed by atoms with E-state index in [0.29, 0.717) is 10.0 Å². The van der Waals surface area contributed by atoms with E-state index < -0.39 is 0 Å². The highest BCUT2D eigenvalue weighted by Gasteiger charge is 2.13. The topological polar surface area (TPSA) is 50.9 Å². The van der Waals surface area contributed by atoms with Gasteiger partial charge in [-0.05, 0) is 24.1 Å². The van der Waals surface area contributed by atoms with Crippen LogP contribution in [0.5, 0.6) is 0 Å². The van der Waals surface area contributed by atoms with Crippen molar-refractivity contribution in [2.24, 2.45) is 5.84 Å². The summed E-state index contributed by atoms with van der Waals surface area (Å²) in [6.45, 7) is 0. The molecule has 0 saturated heterocycles. The van der Waals surface area contributed by atoms with Gasteiger partial charge in [-0.25, -0.2) is 4.98 Å². The summed E-state index contributed by atoms with van der Waals surface area (Å²) >= 11 is 13.4. The van der Waals surface area contributed by atoms with E-state index in [1.54, 1.807) is 22.9 Å². The van der Waals surface area contributed by atoms with E-state index in [1.807, 2.05) is 17.5 Å². The summed E-state index contributed by atoms with van der Waals surface area (Å²) in [5.74, 6) is 5.54. The molecule has 1 atom stereocenters. The number of hydrogen-bond acceptors (Lipinski definition) is 4. The van der Waals surface area contributed by atoms with Gasteiger partial charge in [0.2, 0.25) is 0 Å². The standard InChI is InChI=1S/C11H11Cl2N3S/c12-8-2-1-7(3-9(8)13)4-10(16-14)11-5-17-6-15-11/h1-3,5-6,10,16H,4,14H2. The minimum atomic E-state index is -0.0153. The number of aromatic nitrogens is 1. The molecule has 1 unspecified atom stereocenters. The highest BCUT2D eigenvalue weighted by atomic mass is 35.5. The van der Waals surface area contributed by atoms with Gasteiger partial charge in [0.1, 0.15) is 0 Å². The number of hydrazine groups is 1. The SMILES string of the molecule is NNC(Cc1ccc(Cl)c(Cl)c1)c1cscn1. The molecule has 6 heteroatoms. The first kappa shape index (κ1) is 12.8. The molecule has 3 N–H and O–H groups in total. The molecule has 0 spiro atoms. The van der Waals surface area contributed by atoms with Crippen molar-refractivity contribution in [3.8, 4) is 0 Å². The smallest absolute Gasteiger partial charge is 0.0795 e. The molecule has 2 rings (SSSR count). The van der Waals surface area contributed by atoms with Gasteiger partial charge in [-0.3, -0.25) is 11.3 Å². The Hall–Kier alpha value is -0.650. The van der Waals surface area contributed by atoms with Crippen LogP contribution in [0.2, 0.25) is 10.0 Å². The van der Waals surface area contributed by atoms with Crippen LogP contribution < -0.4 is 11.3 Å². The molecule has 1 heterocycles. The first-order valence-electron chi connectivity index (χ1n) is 4.99. The molecule has 0 fully saturated rings. The zero-order valence-electron chi connectivity index (χ0n) is 8.86. The number of rotatable bonds is 4. The van der Waals surface area contributed by atoms with Crippen LogP contribution in [0.15, 0.2) is 29.1 Å². The van der Waals surface area contributed by atoms with Gasteiger partial charge in [-0.2, -0.15) is 0 Å². The van der Waals surface area contributed by atoms with E-state index in [-0.39, 0.29) is 6.04 Å². The van der Waals surface area contributed by atoms with E-state index in [4.69, 9.17) is 29.0 Å². The van der Waals surface area contributed by atoms with Crippen LogP contribution >= 0.6 is 34.5 Å².